The van der Waals surface area contributed by atoms with Crippen molar-refractivity contribution in [2.75, 3.05) is 6.16 Å². The third kappa shape index (κ3) is 2.52. The van der Waals surface area contributed by atoms with Gasteiger partial charge >= 0.3 is 5.69 Å². The number of hydrogen-bond acceptors (Lipinski definition) is 4. The molecule has 1 fully saturated rings. The Balaban J connectivity index is 2.25. The first-order valence-electron chi connectivity index (χ1n) is 7.44. The Labute approximate surface area is 133 Å². The molecule has 0 bridgehead atoms. The number of nitrogens with zero attached hydrogens (tertiary/aromatic N) is 1. The first-order chi connectivity index (χ1) is 10.8. The molecule has 0 aliphatic carbocycles. The summed E-state index contributed by atoms with van der Waals surface area (Å²) >= 11 is 0. The molecule has 2 aromatic rings. The molecule has 0 radical (unpaired) electrons. The average molecular weight is 334 g/mol. The zero-order valence-electron chi connectivity index (χ0n) is 13.0. The summed E-state index contributed by atoms with van der Waals surface area (Å²) in [6.45, 7) is 3.17. The lowest BCUT2D eigenvalue weighted by atomic mass is 10.0. The molecule has 6 nitrogen and oxygen atoms in total. The molecule has 3 atom stereocenters. The van der Waals surface area contributed by atoms with Crippen molar-refractivity contribution in [2.45, 2.75) is 31.7 Å². The smallest absolute Gasteiger partial charge is 0.329 e. The minimum atomic E-state index is -3.05. The molecule has 2 heterocycles. The van der Waals surface area contributed by atoms with Gasteiger partial charge < -0.3 is 9.67 Å². The molecule has 0 spiro atoms. The zero-order chi connectivity index (χ0) is 16.8. The Bertz CT molecular complexity index is 898. The van der Waals surface area contributed by atoms with Crippen LogP contribution in [-0.4, -0.2) is 26.4 Å². The van der Waals surface area contributed by atoms with Crippen molar-refractivity contribution in [3.05, 3.63) is 62.9 Å². The van der Waals surface area contributed by atoms with E-state index in [0.29, 0.717) is 23.5 Å². The van der Waals surface area contributed by atoms with Crippen molar-refractivity contribution >= 4 is 12.4 Å². The molecule has 1 aromatic carbocycles. The van der Waals surface area contributed by atoms with Crippen molar-refractivity contribution in [1.82, 2.24) is 9.55 Å². The number of aryl methyl sites for hydroxylation is 1. The van der Waals surface area contributed by atoms with Crippen LogP contribution in [0.3, 0.4) is 0 Å². The van der Waals surface area contributed by atoms with Gasteiger partial charge in [-0.1, -0.05) is 30.3 Å². The Morgan fingerprint density at radius 2 is 1.96 bits per heavy atom. The third-order valence-electron chi connectivity index (χ3n) is 4.50. The maximum Gasteiger partial charge on any atom is 0.329 e. The van der Waals surface area contributed by atoms with Gasteiger partial charge in [0, 0.05) is 23.2 Å². The third-order valence-corrected chi connectivity index (χ3v) is 8.16. The van der Waals surface area contributed by atoms with Crippen LogP contribution < -0.4 is 16.6 Å². The van der Waals surface area contributed by atoms with E-state index < -0.39 is 29.8 Å². The minimum absolute atomic E-state index is 0.319. The second-order valence-corrected chi connectivity index (χ2v) is 9.36. The predicted octanol–water partition coefficient (Wildman–Crippen LogP) is 1.19. The summed E-state index contributed by atoms with van der Waals surface area (Å²) in [6.07, 6.45) is 2.04. The zero-order valence-corrected chi connectivity index (χ0v) is 13.9. The molecule has 2 N–H and O–H groups in total. The number of aromatic nitrogens is 2. The summed E-state index contributed by atoms with van der Waals surface area (Å²) in [6, 6.07) is 8.94. The molecule has 0 unspecified atom stereocenters. The van der Waals surface area contributed by atoms with Gasteiger partial charge in [-0.2, -0.15) is 0 Å². The molecule has 7 heteroatoms. The van der Waals surface area contributed by atoms with Gasteiger partial charge in [-0.3, -0.25) is 14.3 Å². The van der Waals surface area contributed by atoms with Crippen LogP contribution in [0.15, 0.2) is 46.1 Å². The van der Waals surface area contributed by atoms with Gasteiger partial charge in [-0.05, 0) is 20.3 Å². The first kappa shape index (κ1) is 16.0. The van der Waals surface area contributed by atoms with E-state index in [1.807, 2.05) is 6.07 Å². The molecule has 122 valence electrons. The SMILES string of the molecule is Cc1cn([C@H]2[C@](C)(O)CC[P@@]2(=O)c2ccccc2)c(=O)[nH]c1=O. The van der Waals surface area contributed by atoms with E-state index in [0.717, 1.165) is 0 Å². The largest absolute Gasteiger partial charge is 0.387 e. The summed E-state index contributed by atoms with van der Waals surface area (Å²) in [4.78, 5) is 26.1. The summed E-state index contributed by atoms with van der Waals surface area (Å²) in [5.74, 6) is -0.888. The van der Waals surface area contributed by atoms with E-state index in [9.17, 15) is 19.3 Å². The maximum atomic E-state index is 13.7. The quantitative estimate of drug-likeness (QED) is 0.807. The summed E-state index contributed by atoms with van der Waals surface area (Å²) in [5, 5.41) is 11.4. The van der Waals surface area contributed by atoms with E-state index in [1.54, 1.807) is 38.1 Å². The number of aliphatic hydroxyl groups is 1. The van der Waals surface area contributed by atoms with Gasteiger partial charge in [-0.15, -0.1) is 0 Å². The number of benzene rings is 1. The van der Waals surface area contributed by atoms with Gasteiger partial charge in [0.1, 0.15) is 12.9 Å². The van der Waals surface area contributed by atoms with Crippen LogP contribution in [0.1, 0.15) is 24.7 Å². The highest BCUT2D eigenvalue weighted by molar-refractivity contribution is 7.72. The van der Waals surface area contributed by atoms with Crippen LogP contribution in [0.2, 0.25) is 0 Å². The molecule has 3 rings (SSSR count). The molecule has 1 aliphatic rings. The number of hydrogen-bond donors (Lipinski definition) is 2. The van der Waals surface area contributed by atoms with Gasteiger partial charge in [0.2, 0.25) is 0 Å². The Hall–Kier alpha value is -1.91. The topological polar surface area (TPSA) is 92.2 Å². The predicted molar refractivity (Wildman–Crippen MR) is 88.9 cm³/mol. The Kier molecular flexibility index (Phi) is 3.69. The normalized spacial score (nSPS) is 30.5. The number of H-pyrrole nitrogens is 1. The van der Waals surface area contributed by atoms with Crippen molar-refractivity contribution in [1.29, 1.82) is 0 Å². The van der Waals surface area contributed by atoms with E-state index in [4.69, 9.17) is 0 Å². The lowest BCUT2D eigenvalue weighted by Crippen LogP contribution is -2.41. The molecule has 23 heavy (non-hydrogen) atoms. The summed E-state index contributed by atoms with van der Waals surface area (Å²) in [7, 11) is -3.05. The van der Waals surface area contributed by atoms with Crippen molar-refractivity contribution in [3.8, 4) is 0 Å². The Morgan fingerprint density at radius 1 is 1.30 bits per heavy atom. The lowest BCUT2D eigenvalue weighted by Gasteiger charge is -2.31. The second kappa shape index (κ2) is 5.32. The Morgan fingerprint density at radius 3 is 2.61 bits per heavy atom. The van der Waals surface area contributed by atoms with Crippen LogP contribution in [0.4, 0.5) is 0 Å². The summed E-state index contributed by atoms with van der Waals surface area (Å²) < 4.78 is 14.9. The maximum absolute atomic E-state index is 13.7. The highest BCUT2D eigenvalue weighted by Gasteiger charge is 2.53. The summed E-state index contributed by atoms with van der Waals surface area (Å²) in [5.41, 5.74) is -2.07. The molecular formula is C16H19N2O4P. The minimum Gasteiger partial charge on any atom is -0.387 e. The van der Waals surface area contributed by atoms with Crippen LogP contribution in [0, 0.1) is 6.92 Å². The van der Waals surface area contributed by atoms with Crippen LogP contribution in [-0.2, 0) is 4.57 Å². The number of rotatable bonds is 2. The standard InChI is InChI=1S/C16H19N2O4P/c1-11-10-18(15(20)17-13(11)19)14-16(2,21)8-9-23(14,22)12-6-4-3-5-7-12/h3-7,10,14,21H,8-9H2,1-2H3,(H,17,19,20)/t14-,16-,23-/m1/s1. The van der Waals surface area contributed by atoms with Crippen LogP contribution >= 0.6 is 7.14 Å². The van der Waals surface area contributed by atoms with Crippen LogP contribution in [0.5, 0.6) is 0 Å². The fraction of sp³-hybridized carbons (Fsp3) is 0.375. The number of aromatic amines is 1. The molecule has 1 aliphatic heterocycles. The fourth-order valence-corrected chi connectivity index (χ4v) is 7.16. The van der Waals surface area contributed by atoms with Crippen molar-refractivity contribution in [3.63, 3.8) is 0 Å². The molecular weight excluding hydrogens is 315 g/mol. The highest BCUT2D eigenvalue weighted by Crippen LogP contribution is 2.66. The molecule has 0 saturated carbocycles. The molecule has 1 saturated heterocycles. The molecule has 0 amide bonds. The van der Waals surface area contributed by atoms with E-state index in [-0.39, 0.29) is 0 Å². The van der Waals surface area contributed by atoms with E-state index in [1.165, 1.54) is 10.8 Å². The second-order valence-electron chi connectivity index (χ2n) is 6.31. The van der Waals surface area contributed by atoms with E-state index in [2.05, 4.69) is 4.98 Å². The average Bonchev–Trinajstić information content (AvgIpc) is 2.76. The van der Waals surface area contributed by atoms with Crippen molar-refractivity contribution < 1.29 is 9.67 Å². The van der Waals surface area contributed by atoms with E-state index >= 15 is 0 Å². The van der Waals surface area contributed by atoms with Gasteiger partial charge in [0.25, 0.3) is 5.56 Å². The lowest BCUT2D eigenvalue weighted by molar-refractivity contribution is 0.0398. The highest BCUT2D eigenvalue weighted by atomic mass is 31.2. The first-order valence-corrected chi connectivity index (χ1v) is 9.41. The van der Waals surface area contributed by atoms with Crippen LogP contribution in [0.25, 0.3) is 0 Å². The van der Waals surface area contributed by atoms with Crippen molar-refractivity contribution in [2.24, 2.45) is 0 Å². The van der Waals surface area contributed by atoms with Gasteiger partial charge in [-0.25, -0.2) is 4.79 Å². The van der Waals surface area contributed by atoms with Gasteiger partial charge in [0.05, 0.1) is 5.60 Å². The number of nitrogens with one attached hydrogen (secondary N) is 1. The monoisotopic (exact) mass is 334 g/mol. The van der Waals surface area contributed by atoms with Gasteiger partial charge in [0.15, 0.2) is 0 Å². The fourth-order valence-electron chi connectivity index (χ4n) is 3.31. The molecule has 1 aromatic heterocycles.